The van der Waals surface area contributed by atoms with Crippen LogP contribution in [0.4, 0.5) is 0 Å². The van der Waals surface area contributed by atoms with Crippen LogP contribution in [0.1, 0.15) is 36.8 Å². The fourth-order valence-electron chi connectivity index (χ4n) is 3.31. The van der Waals surface area contributed by atoms with Gasteiger partial charge in [-0.3, -0.25) is 10.0 Å². The molecule has 1 aliphatic rings. The summed E-state index contributed by atoms with van der Waals surface area (Å²) in [7, 11) is 0. The van der Waals surface area contributed by atoms with Gasteiger partial charge in [-0.05, 0) is 31.0 Å². The third-order valence-electron chi connectivity index (χ3n) is 4.26. The van der Waals surface area contributed by atoms with Crippen molar-refractivity contribution in [2.24, 2.45) is 5.92 Å². The summed E-state index contributed by atoms with van der Waals surface area (Å²) in [6.45, 7) is 3.96. The zero-order valence-corrected chi connectivity index (χ0v) is 13.3. The molecule has 3 atom stereocenters. The Morgan fingerprint density at radius 3 is 2.35 bits per heavy atom. The molecule has 0 aliphatic heterocycles. The van der Waals surface area contributed by atoms with Crippen LogP contribution >= 0.6 is 0 Å². The van der Waals surface area contributed by atoms with Crippen molar-refractivity contribution in [3.05, 3.63) is 65.7 Å². The van der Waals surface area contributed by atoms with E-state index < -0.39 is 0 Å². The van der Waals surface area contributed by atoms with Crippen molar-refractivity contribution in [1.29, 1.82) is 0 Å². The number of rotatable bonds is 5. The van der Waals surface area contributed by atoms with Crippen molar-refractivity contribution in [2.75, 3.05) is 0 Å². The molecule has 1 aliphatic carbocycles. The molecular formula is C19H21NO3. The number of para-hydroxylation sites is 1. The van der Waals surface area contributed by atoms with Crippen LogP contribution in [0.15, 0.2) is 54.6 Å². The normalized spacial score (nSPS) is 22.7. The van der Waals surface area contributed by atoms with Gasteiger partial charge >= 0.3 is 0 Å². The third-order valence-corrected chi connectivity index (χ3v) is 4.26. The number of carbonyl (C=O) groups is 1. The average Bonchev–Trinajstić information content (AvgIpc) is 3.30. The lowest BCUT2D eigenvalue weighted by Gasteiger charge is -2.14. The molecule has 1 saturated carbocycles. The van der Waals surface area contributed by atoms with Crippen LogP contribution in [0.25, 0.3) is 0 Å². The van der Waals surface area contributed by atoms with Gasteiger partial charge in [0.2, 0.25) is 5.91 Å². The second-order valence-electron chi connectivity index (χ2n) is 6.17. The van der Waals surface area contributed by atoms with E-state index in [1.165, 1.54) is 0 Å². The van der Waals surface area contributed by atoms with E-state index in [-0.39, 0.29) is 29.8 Å². The number of ether oxygens (including phenoxy) is 1. The van der Waals surface area contributed by atoms with E-state index in [1.54, 1.807) is 5.48 Å². The van der Waals surface area contributed by atoms with Crippen LogP contribution in [0.3, 0.4) is 0 Å². The molecule has 0 spiro atoms. The topological polar surface area (TPSA) is 58.6 Å². The number of hydrogen-bond acceptors (Lipinski definition) is 3. The summed E-state index contributed by atoms with van der Waals surface area (Å²) in [5.74, 6) is 0.254. The van der Waals surface area contributed by atoms with Crippen LogP contribution in [0, 0.1) is 5.92 Å². The van der Waals surface area contributed by atoms with E-state index in [9.17, 15) is 4.79 Å². The zero-order valence-electron chi connectivity index (χ0n) is 13.3. The summed E-state index contributed by atoms with van der Waals surface area (Å²) in [6, 6.07) is 17.8. The Morgan fingerprint density at radius 1 is 1.04 bits per heavy atom. The van der Waals surface area contributed by atoms with Crippen LogP contribution in [-0.4, -0.2) is 17.2 Å². The first-order chi connectivity index (χ1) is 11.1. The van der Waals surface area contributed by atoms with Crippen molar-refractivity contribution in [2.45, 2.75) is 31.8 Å². The molecule has 0 saturated heterocycles. The highest BCUT2D eigenvalue weighted by molar-refractivity contribution is 5.84. The second-order valence-corrected chi connectivity index (χ2v) is 6.17. The lowest BCUT2D eigenvalue weighted by Crippen LogP contribution is -2.21. The summed E-state index contributed by atoms with van der Waals surface area (Å²) in [6.07, 6.45) is 0.0650. The number of carbonyl (C=O) groups excluding carboxylic acids is 1. The Balaban J connectivity index is 1.96. The number of amides is 1. The highest BCUT2D eigenvalue weighted by Crippen LogP contribution is 2.62. The monoisotopic (exact) mass is 311 g/mol. The first-order valence-electron chi connectivity index (χ1n) is 7.88. The van der Waals surface area contributed by atoms with E-state index in [1.807, 2.05) is 68.4 Å². The van der Waals surface area contributed by atoms with Gasteiger partial charge in [-0.1, -0.05) is 48.5 Å². The van der Waals surface area contributed by atoms with Crippen LogP contribution in [-0.2, 0) is 4.79 Å². The second kappa shape index (κ2) is 6.42. The maximum absolute atomic E-state index is 12.1. The molecule has 2 aromatic rings. The van der Waals surface area contributed by atoms with Crippen molar-refractivity contribution in [3.63, 3.8) is 0 Å². The molecule has 4 nitrogen and oxygen atoms in total. The summed E-state index contributed by atoms with van der Waals surface area (Å²) in [4.78, 5) is 12.1. The van der Waals surface area contributed by atoms with Crippen LogP contribution < -0.4 is 10.2 Å². The maximum atomic E-state index is 12.1. The molecule has 0 aromatic heterocycles. The number of nitrogens with one attached hydrogen (secondary N) is 1. The van der Waals surface area contributed by atoms with Gasteiger partial charge in [0.25, 0.3) is 0 Å². The minimum absolute atomic E-state index is 0.0134. The Kier molecular flexibility index (Phi) is 4.35. The van der Waals surface area contributed by atoms with Gasteiger partial charge < -0.3 is 4.74 Å². The first kappa shape index (κ1) is 15.6. The van der Waals surface area contributed by atoms with E-state index in [2.05, 4.69) is 0 Å². The highest BCUT2D eigenvalue weighted by atomic mass is 16.5. The molecule has 2 aromatic carbocycles. The van der Waals surface area contributed by atoms with Gasteiger partial charge in [0, 0.05) is 11.8 Å². The van der Waals surface area contributed by atoms with Crippen molar-refractivity contribution in [1.82, 2.24) is 5.48 Å². The fourth-order valence-corrected chi connectivity index (χ4v) is 3.31. The fraction of sp³-hybridized carbons (Fsp3) is 0.316. The lowest BCUT2D eigenvalue weighted by molar-refractivity contribution is -0.130. The Hall–Kier alpha value is -2.33. The van der Waals surface area contributed by atoms with Gasteiger partial charge in [-0.25, -0.2) is 5.48 Å². The predicted octanol–water partition coefficient (Wildman–Crippen LogP) is 3.48. The maximum Gasteiger partial charge on any atom is 0.247 e. The van der Waals surface area contributed by atoms with Crippen LogP contribution in [0.2, 0.25) is 0 Å². The Morgan fingerprint density at radius 2 is 1.70 bits per heavy atom. The van der Waals surface area contributed by atoms with Gasteiger partial charge in [0.15, 0.2) is 0 Å². The summed E-state index contributed by atoms with van der Waals surface area (Å²) >= 11 is 0. The van der Waals surface area contributed by atoms with Crippen molar-refractivity contribution in [3.8, 4) is 5.75 Å². The largest absolute Gasteiger partial charge is 0.491 e. The first-order valence-corrected chi connectivity index (χ1v) is 7.88. The molecule has 1 fully saturated rings. The highest BCUT2D eigenvalue weighted by Gasteiger charge is 2.57. The lowest BCUT2D eigenvalue weighted by atomic mass is 10.0. The molecular weight excluding hydrogens is 290 g/mol. The van der Waals surface area contributed by atoms with Crippen molar-refractivity contribution < 1.29 is 14.7 Å². The number of hydrogen-bond donors (Lipinski definition) is 2. The van der Waals surface area contributed by atoms with E-state index in [4.69, 9.17) is 9.94 Å². The molecule has 0 heterocycles. The van der Waals surface area contributed by atoms with E-state index in [0.29, 0.717) is 0 Å². The minimum atomic E-state index is -0.344. The average molecular weight is 311 g/mol. The van der Waals surface area contributed by atoms with Crippen molar-refractivity contribution >= 4 is 5.91 Å². The molecule has 1 amide bonds. The predicted molar refractivity (Wildman–Crippen MR) is 87.5 cm³/mol. The molecule has 4 heteroatoms. The van der Waals surface area contributed by atoms with Gasteiger partial charge in [-0.2, -0.15) is 0 Å². The minimum Gasteiger partial charge on any atom is -0.491 e. The number of benzene rings is 2. The molecule has 23 heavy (non-hydrogen) atoms. The third kappa shape index (κ3) is 3.08. The standard InChI is InChI=1S/C19H21NO3/c1-12(2)23-15-11-7-6-10-14(15)17-16(18(17)19(21)20-22)13-8-4-3-5-9-13/h3-12,16-18,22H,1-2H3,(H,20,21)/t16?,17-,18-/m1/s1. The molecule has 3 rings (SSSR count). The van der Waals surface area contributed by atoms with Crippen LogP contribution in [0.5, 0.6) is 5.75 Å². The molecule has 0 radical (unpaired) electrons. The van der Waals surface area contributed by atoms with Gasteiger partial charge in [0.1, 0.15) is 5.75 Å². The Labute approximate surface area is 136 Å². The summed E-state index contributed by atoms with van der Waals surface area (Å²) < 4.78 is 5.90. The van der Waals surface area contributed by atoms with E-state index in [0.717, 1.165) is 16.9 Å². The Bertz CT molecular complexity index is 684. The molecule has 1 unspecified atom stereocenters. The quantitative estimate of drug-likeness (QED) is 0.656. The summed E-state index contributed by atoms with van der Waals surface area (Å²) in [5, 5.41) is 9.06. The van der Waals surface area contributed by atoms with Gasteiger partial charge in [0.05, 0.1) is 12.0 Å². The smallest absolute Gasteiger partial charge is 0.247 e. The molecule has 120 valence electrons. The van der Waals surface area contributed by atoms with Gasteiger partial charge in [-0.15, -0.1) is 0 Å². The van der Waals surface area contributed by atoms with E-state index >= 15 is 0 Å². The summed E-state index contributed by atoms with van der Waals surface area (Å²) in [5.41, 5.74) is 3.93. The molecule has 2 N–H and O–H groups in total. The zero-order chi connectivity index (χ0) is 16.4. The number of hydroxylamine groups is 1. The molecule has 0 bridgehead atoms. The SMILES string of the molecule is CC(C)Oc1ccccc1[C@@H]1C(c2ccccc2)[C@H]1C(=O)NO.